The summed E-state index contributed by atoms with van der Waals surface area (Å²) in [6, 6.07) is 0. The van der Waals surface area contributed by atoms with E-state index >= 15 is 0 Å². The van der Waals surface area contributed by atoms with Gasteiger partial charge in [-0.1, -0.05) is 27.2 Å². The number of nitrogens with one attached hydrogen (secondary N) is 1. The van der Waals surface area contributed by atoms with Crippen LogP contribution in [-0.4, -0.2) is 44.2 Å². The first kappa shape index (κ1) is 15.9. The molecule has 0 spiro atoms. The number of rotatable bonds is 9. The standard InChI is InChI=1S/C11H26N2O2S/c1-5-8-9-13(7-3)16(14,15)11(4)10-12-6-2/h11-12H,5-10H2,1-4H3. The van der Waals surface area contributed by atoms with Crippen molar-refractivity contribution in [1.29, 1.82) is 0 Å². The third-order valence-corrected chi connectivity index (χ3v) is 5.01. The maximum atomic E-state index is 12.2. The molecule has 0 aromatic rings. The van der Waals surface area contributed by atoms with Crippen molar-refractivity contribution >= 4 is 10.0 Å². The van der Waals surface area contributed by atoms with Gasteiger partial charge in [-0.05, 0) is 19.9 Å². The molecular formula is C11H26N2O2S. The molecule has 0 aliphatic heterocycles. The van der Waals surface area contributed by atoms with Crippen LogP contribution in [0, 0.1) is 0 Å². The van der Waals surface area contributed by atoms with Crippen LogP contribution in [0.4, 0.5) is 0 Å². The maximum Gasteiger partial charge on any atom is 0.217 e. The summed E-state index contributed by atoms with van der Waals surface area (Å²) in [6.07, 6.45) is 1.95. The van der Waals surface area contributed by atoms with E-state index in [1.807, 2.05) is 13.8 Å². The van der Waals surface area contributed by atoms with Crippen molar-refractivity contribution in [2.45, 2.75) is 45.8 Å². The molecule has 1 atom stereocenters. The molecule has 0 bridgehead atoms. The van der Waals surface area contributed by atoms with Gasteiger partial charge < -0.3 is 5.32 Å². The maximum absolute atomic E-state index is 12.2. The van der Waals surface area contributed by atoms with E-state index in [9.17, 15) is 8.42 Å². The molecule has 0 heterocycles. The van der Waals surface area contributed by atoms with E-state index in [-0.39, 0.29) is 5.25 Å². The Morgan fingerprint density at radius 2 is 1.88 bits per heavy atom. The topological polar surface area (TPSA) is 49.4 Å². The van der Waals surface area contributed by atoms with Gasteiger partial charge in [-0.25, -0.2) is 12.7 Å². The highest BCUT2D eigenvalue weighted by molar-refractivity contribution is 7.89. The van der Waals surface area contributed by atoms with Crippen LogP contribution >= 0.6 is 0 Å². The van der Waals surface area contributed by atoms with E-state index in [0.717, 1.165) is 19.4 Å². The smallest absolute Gasteiger partial charge is 0.217 e. The predicted octanol–water partition coefficient (Wildman–Crippen LogP) is 1.44. The molecule has 0 aliphatic rings. The largest absolute Gasteiger partial charge is 0.316 e. The van der Waals surface area contributed by atoms with Gasteiger partial charge in [0.25, 0.3) is 0 Å². The summed E-state index contributed by atoms with van der Waals surface area (Å²) in [4.78, 5) is 0. The Morgan fingerprint density at radius 3 is 2.31 bits per heavy atom. The van der Waals surface area contributed by atoms with E-state index in [1.54, 1.807) is 11.2 Å². The zero-order chi connectivity index (χ0) is 12.6. The number of nitrogens with zero attached hydrogens (tertiary/aromatic N) is 1. The summed E-state index contributed by atoms with van der Waals surface area (Å²) in [5.41, 5.74) is 0. The van der Waals surface area contributed by atoms with Gasteiger partial charge in [0.1, 0.15) is 0 Å². The highest BCUT2D eigenvalue weighted by Crippen LogP contribution is 2.09. The minimum atomic E-state index is -3.12. The summed E-state index contributed by atoms with van der Waals surface area (Å²) in [6.45, 7) is 10.3. The Kier molecular flexibility index (Phi) is 7.97. The molecular weight excluding hydrogens is 224 g/mol. The first-order chi connectivity index (χ1) is 7.50. The molecule has 0 amide bonds. The Balaban J connectivity index is 4.46. The van der Waals surface area contributed by atoms with Gasteiger partial charge in [0.15, 0.2) is 0 Å². The highest BCUT2D eigenvalue weighted by atomic mass is 32.2. The summed E-state index contributed by atoms with van der Waals surface area (Å²) >= 11 is 0. The third-order valence-electron chi connectivity index (χ3n) is 2.66. The molecule has 0 fully saturated rings. The molecule has 0 saturated carbocycles. The Morgan fingerprint density at radius 1 is 1.25 bits per heavy atom. The molecule has 0 aromatic heterocycles. The van der Waals surface area contributed by atoms with Crippen molar-refractivity contribution in [2.75, 3.05) is 26.2 Å². The van der Waals surface area contributed by atoms with E-state index in [4.69, 9.17) is 0 Å². The average Bonchev–Trinajstić information content (AvgIpc) is 2.26. The van der Waals surface area contributed by atoms with Crippen molar-refractivity contribution in [2.24, 2.45) is 0 Å². The van der Waals surface area contributed by atoms with Crippen LogP contribution in [0.5, 0.6) is 0 Å². The van der Waals surface area contributed by atoms with Crippen molar-refractivity contribution in [1.82, 2.24) is 9.62 Å². The minimum absolute atomic E-state index is 0.343. The third kappa shape index (κ3) is 4.80. The van der Waals surface area contributed by atoms with Crippen molar-refractivity contribution in [3.8, 4) is 0 Å². The van der Waals surface area contributed by atoms with E-state index < -0.39 is 10.0 Å². The first-order valence-corrected chi connectivity index (χ1v) is 7.70. The Labute approximate surface area is 100 Å². The van der Waals surface area contributed by atoms with Gasteiger partial charge in [-0.15, -0.1) is 0 Å². The van der Waals surface area contributed by atoms with E-state index in [2.05, 4.69) is 12.2 Å². The molecule has 0 saturated heterocycles. The van der Waals surface area contributed by atoms with Gasteiger partial charge in [0, 0.05) is 19.6 Å². The fourth-order valence-electron chi connectivity index (χ4n) is 1.51. The second-order valence-electron chi connectivity index (χ2n) is 4.01. The highest BCUT2D eigenvalue weighted by Gasteiger charge is 2.26. The van der Waals surface area contributed by atoms with Crippen LogP contribution in [0.25, 0.3) is 0 Å². The molecule has 5 heteroatoms. The van der Waals surface area contributed by atoms with Crippen LogP contribution in [-0.2, 0) is 10.0 Å². The number of sulfonamides is 1. The van der Waals surface area contributed by atoms with Crippen LogP contribution in [0.15, 0.2) is 0 Å². The van der Waals surface area contributed by atoms with Crippen molar-refractivity contribution in [3.05, 3.63) is 0 Å². The zero-order valence-electron chi connectivity index (χ0n) is 11.0. The lowest BCUT2D eigenvalue weighted by Gasteiger charge is -2.24. The molecule has 0 aromatic carbocycles. The molecule has 0 radical (unpaired) electrons. The first-order valence-electron chi connectivity index (χ1n) is 6.20. The fraction of sp³-hybridized carbons (Fsp3) is 1.00. The van der Waals surface area contributed by atoms with Crippen LogP contribution in [0.2, 0.25) is 0 Å². The SMILES string of the molecule is CCCCN(CC)S(=O)(=O)C(C)CNCC. The average molecular weight is 250 g/mol. The summed E-state index contributed by atoms with van der Waals surface area (Å²) < 4.78 is 25.9. The molecule has 1 unspecified atom stereocenters. The summed E-state index contributed by atoms with van der Waals surface area (Å²) in [5, 5.41) is 2.74. The molecule has 0 aliphatic carbocycles. The molecule has 1 N–H and O–H groups in total. The van der Waals surface area contributed by atoms with Crippen LogP contribution in [0.1, 0.15) is 40.5 Å². The second-order valence-corrected chi connectivity index (χ2v) is 6.36. The molecule has 4 nitrogen and oxygen atoms in total. The quantitative estimate of drug-likeness (QED) is 0.673. The van der Waals surface area contributed by atoms with Gasteiger partial charge in [0.2, 0.25) is 10.0 Å². The molecule has 16 heavy (non-hydrogen) atoms. The summed E-state index contributed by atoms with van der Waals surface area (Å²) in [7, 11) is -3.12. The van der Waals surface area contributed by atoms with Gasteiger partial charge >= 0.3 is 0 Å². The van der Waals surface area contributed by atoms with Crippen LogP contribution in [0.3, 0.4) is 0 Å². The zero-order valence-corrected chi connectivity index (χ0v) is 11.8. The monoisotopic (exact) mass is 250 g/mol. The van der Waals surface area contributed by atoms with Gasteiger partial charge in [-0.2, -0.15) is 0 Å². The molecule has 0 rings (SSSR count). The lowest BCUT2D eigenvalue weighted by molar-refractivity contribution is 0.410. The lowest BCUT2D eigenvalue weighted by Crippen LogP contribution is -2.42. The number of hydrogen-bond acceptors (Lipinski definition) is 3. The van der Waals surface area contributed by atoms with Crippen molar-refractivity contribution in [3.63, 3.8) is 0 Å². The van der Waals surface area contributed by atoms with E-state index in [1.165, 1.54) is 0 Å². The van der Waals surface area contributed by atoms with Gasteiger partial charge in [-0.3, -0.25) is 0 Å². The van der Waals surface area contributed by atoms with Crippen LogP contribution < -0.4 is 5.32 Å². The number of hydrogen-bond donors (Lipinski definition) is 1. The minimum Gasteiger partial charge on any atom is -0.316 e. The number of unbranched alkanes of at least 4 members (excludes halogenated alkanes) is 1. The van der Waals surface area contributed by atoms with Gasteiger partial charge in [0.05, 0.1) is 5.25 Å². The fourth-order valence-corrected chi connectivity index (χ4v) is 3.09. The lowest BCUT2D eigenvalue weighted by atomic mass is 10.3. The Bertz CT molecular complexity index is 265. The van der Waals surface area contributed by atoms with Crippen molar-refractivity contribution < 1.29 is 8.42 Å². The normalized spacial score (nSPS) is 14.3. The predicted molar refractivity (Wildman–Crippen MR) is 69.1 cm³/mol. The molecule has 98 valence electrons. The Hall–Kier alpha value is -0.130. The van der Waals surface area contributed by atoms with E-state index in [0.29, 0.717) is 19.6 Å². The summed E-state index contributed by atoms with van der Waals surface area (Å²) in [5.74, 6) is 0. The second kappa shape index (κ2) is 8.03.